The normalized spacial score (nSPS) is 26.0. The SMILES string of the molecule is CCC(C1(C)C(C)=C(C)C(C)=[C]1[Pt]([CH3])([CH3])[CH3])[Si](C)(OC)OC. The van der Waals surface area contributed by atoms with Gasteiger partial charge < -0.3 is 0 Å². The Morgan fingerprint density at radius 1 is 1.05 bits per heavy atom. The van der Waals surface area contributed by atoms with Crippen molar-refractivity contribution in [2.24, 2.45) is 5.41 Å². The van der Waals surface area contributed by atoms with Crippen molar-refractivity contribution < 1.29 is 24.9 Å². The molecular weight excluding hydrogens is 471 g/mol. The van der Waals surface area contributed by atoms with Gasteiger partial charge in [0.25, 0.3) is 0 Å². The van der Waals surface area contributed by atoms with E-state index in [1.165, 1.54) is 5.57 Å². The molecular formula is C18H36O2PtSi. The summed E-state index contributed by atoms with van der Waals surface area (Å²) >= 11 is -1.91. The molecule has 0 aliphatic heterocycles. The van der Waals surface area contributed by atoms with Crippen molar-refractivity contribution in [3.8, 4) is 0 Å². The standard InChI is InChI=1S/C15H27O2Si.3CH3.Pt/c1-9-14(18(8,16-6)17-7)15(5)10-11(2)12(3)13(15)4;;;;/h14H,9H2,1-8H3;3*1H3;. The first-order chi connectivity index (χ1) is 9.91. The molecule has 0 saturated heterocycles. The molecule has 22 heavy (non-hydrogen) atoms. The van der Waals surface area contributed by atoms with Crippen LogP contribution in [0.3, 0.4) is 0 Å². The molecule has 0 radical (unpaired) electrons. The molecule has 1 aliphatic rings. The van der Waals surface area contributed by atoms with E-state index in [0.29, 0.717) is 5.54 Å². The first kappa shape index (κ1) is 20.4. The van der Waals surface area contributed by atoms with Gasteiger partial charge in [0.1, 0.15) is 0 Å². The van der Waals surface area contributed by atoms with E-state index < -0.39 is 24.6 Å². The summed E-state index contributed by atoms with van der Waals surface area (Å²) in [6.07, 6.45) is 1.10. The summed E-state index contributed by atoms with van der Waals surface area (Å²) in [4.78, 5) is 0. The summed E-state index contributed by atoms with van der Waals surface area (Å²) in [5, 5.41) is 7.55. The van der Waals surface area contributed by atoms with Crippen LogP contribution in [-0.2, 0) is 24.9 Å². The Hall–Kier alpha value is 0.305. The van der Waals surface area contributed by atoms with E-state index in [1.807, 2.05) is 14.2 Å². The van der Waals surface area contributed by atoms with Gasteiger partial charge in [0.05, 0.1) is 0 Å². The van der Waals surface area contributed by atoms with Crippen LogP contribution in [0.25, 0.3) is 0 Å². The van der Waals surface area contributed by atoms with Crippen molar-refractivity contribution in [2.75, 3.05) is 14.2 Å². The van der Waals surface area contributed by atoms with Crippen LogP contribution in [0.15, 0.2) is 20.7 Å². The molecule has 0 spiro atoms. The van der Waals surface area contributed by atoms with E-state index in [4.69, 9.17) is 8.85 Å². The second-order valence-corrected chi connectivity index (χ2v) is 22.1. The molecule has 0 amide bonds. The fraction of sp³-hybridized carbons (Fsp3) is 0.778. The number of rotatable bonds is 6. The molecule has 1 rings (SSSR count). The van der Waals surface area contributed by atoms with Gasteiger partial charge in [-0.15, -0.1) is 0 Å². The molecule has 0 heterocycles. The maximum absolute atomic E-state index is 5.99. The maximum atomic E-state index is 5.99. The molecule has 0 fully saturated rings. The van der Waals surface area contributed by atoms with E-state index in [9.17, 15) is 0 Å². The minimum absolute atomic E-state index is 0.102. The Bertz CT molecular complexity index is 498. The molecule has 0 aromatic rings. The molecule has 2 unspecified atom stereocenters. The summed E-state index contributed by atoms with van der Waals surface area (Å²) in [6.45, 7) is 14.0. The monoisotopic (exact) mass is 507 g/mol. The van der Waals surface area contributed by atoms with Crippen molar-refractivity contribution in [3.63, 3.8) is 0 Å². The number of hydrogen-bond donors (Lipinski definition) is 0. The molecule has 2 atom stereocenters. The van der Waals surface area contributed by atoms with Crippen LogP contribution in [0.1, 0.15) is 41.0 Å². The Balaban J connectivity index is 3.64. The quantitative estimate of drug-likeness (QED) is 0.407. The van der Waals surface area contributed by atoms with Crippen molar-refractivity contribution in [2.45, 2.75) is 69.1 Å². The number of allylic oxidation sites excluding steroid dienone is 4. The summed E-state index contributed by atoms with van der Waals surface area (Å²) in [6, 6.07) is 0. The van der Waals surface area contributed by atoms with Gasteiger partial charge in [-0.2, -0.15) is 0 Å². The Morgan fingerprint density at radius 3 is 1.82 bits per heavy atom. The van der Waals surface area contributed by atoms with Crippen LogP contribution < -0.4 is 0 Å². The zero-order chi connectivity index (χ0) is 17.5. The third kappa shape index (κ3) is 2.99. The van der Waals surface area contributed by atoms with Crippen LogP contribution in [0.4, 0.5) is 0 Å². The third-order valence-corrected chi connectivity index (χ3v) is 15.0. The Kier molecular flexibility index (Phi) is 6.16. The molecule has 1 aliphatic carbocycles. The molecule has 0 aromatic heterocycles. The van der Waals surface area contributed by atoms with Gasteiger partial charge in [-0.05, 0) is 0 Å². The molecule has 0 saturated carbocycles. The van der Waals surface area contributed by atoms with E-state index in [-0.39, 0.29) is 5.41 Å². The first-order valence-electron chi connectivity index (χ1n) is 7.77. The van der Waals surface area contributed by atoms with Crippen molar-refractivity contribution >= 4 is 8.56 Å². The fourth-order valence-corrected chi connectivity index (χ4v) is 14.8. The summed E-state index contributed by atoms with van der Waals surface area (Å²) in [5.41, 5.74) is 5.13. The van der Waals surface area contributed by atoms with Gasteiger partial charge in [-0.25, -0.2) is 0 Å². The van der Waals surface area contributed by atoms with Crippen molar-refractivity contribution in [1.29, 1.82) is 0 Å². The van der Waals surface area contributed by atoms with Crippen LogP contribution >= 0.6 is 0 Å². The van der Waals surface area contributed by atoms with Gasteiger partial charge in [-0.3, -0.25) is 0 Å². The number of hydrogen-bond acceptors (Lipinski definition) is 2. The van der Waals surface area contributed by atoms with Crippen molar-refractivity contribution in [1.82, 2.24) is 0 Å². The Morgan fingerprint density at radius 2 is 1.50 bits per heavy atom. The van der Waals surface area contributed by atoms with Gasteiger partial charge >= 0.3 is 143 Å². The Labute approximate surface area is 142 Å². The van der Waals surface area contributed by atoms with Gasteiger partial charge in [0.15, 0.2) is 0 Å². The van der Waals surface area contributed by atoms with Gasteiger partial charge in [0, 0.05) is 0 Å². The molecule has 4 heteroatoms. The molecule has 0 bridgehead atoms. The average molecular weight is 508 g/mol. The van der Waals surface area contributed by atoms with Crippen LogP contribution in [0.5, 0.6) is 0 Å². The fourth-order valence-electron chi connectivity index (χ4n) is 4.29. The van der Waals surface area contributed by atoms with E-state index >= 15 is 0 Å². The summed E-state index contributed by atoms with van der Waals surface area (Å²) in [7, 11) is 1.44. The van der Waals surface area contributed by atoms with E-state index in [1.54, 1.807) is 15.1 Å². The van der Waals surface area contributed by atoms with Crippen LogP contribution in [-0.4, -0.2) is 22.8 Å². The summed E-state index contributed by atoms with van der Waals surface area (Å²) in [5.74, 6) is 0. The molecule has 0 N–H and O–H groups in total. The van der Waals surface area contributed by atoms with E-state index in [2.05, 4.69) is 57.1 Å². The first-order valence-corrected chi connectivity index (χ1v) is 18.1. The van der Waals surface area contributed by atoms with Crippen molar-refractivity contribution in [3.05, 3.63) is 20.7 Å². The second-order valence-electron chi connectivity index (χ2n) is 7.17. The molecule has 2 nitrogen and oxygen atoms in total. The predicted octanol–water partition coefficient (Wildman–Crippen LogP) is 6.06. The molecule has 0 aromatic carbocycles. The predicted molar refractivity (Wildman–Crippen MR) is 96.5 cm³/mol. The summed E-state index contributed by atoms with van der Waals surface area (Å²) < 4.78 is 13.7. The van der Waals surface area contributed by atoms with Gasteiger partial charge in [-0.1, -0.05) is 0 Å². The topological polar surface area (TPSA) is 18.5 Å². The molecule has 134 valence electrons. The average Bonchev–Trinajstić information content (AvgIpc) is 2.60. The zero-order valence-electron chi connectivity index (χ0n) is 16.4. The van der Waals surface area contributed by atoms with Crippen LogP contribution in [0, 0.1) is 5.41 Å². The van der Waals surface area contributed by atoms with Gasteiger partial charge in [0.2, 0.25) is 0 Å². The minimum atomic E-state index is -2.23. The zero-order valence-corrected chi connectivity index (χ0v) is 19.7. The van der Waals surface area contributed by atoms with E-state index in [0.717, 1.165) is 6.42 Å². The van der Waals surface area contributed by atoms with Crippen LogP contribution in [0.2, 0.25) is 28.0 Å². The second kappa shape index (κ2) is 6.66. The third-order valence-electron chi connectivity index (χ3n) is 5.66.